The lowest BCUT2D eigenvalue weighted by atomic mass is 10.1. The molecule has 8 nitrogen and oxygen atoms in total. The van der Waals surface area contributed by atoms with Crippen molar-refractivity contribution in [3.8, 4) is 0 Å². The lowest BCUT2D eigenvalue weighted by Crippen LogP contribution is -2.40. The quantitative estimate of drug-likeness (QED) is 0.516. The number of aromatic nitrogens is 2. The molecule has 2 N–H and O–H groups in total. The number of nitro groups is 1. The number of rotatable bonds is 8. The maximum atomic E-state index is 10.5. The largest absolute Gasteiger partial charge is 0.390 e. The van der Waals surface area contributed by atoms with Crippen molar-refractivity contribution in [2.75, 3.05) is 20.2 Å². The highest BCUT2D eigenvalue weighted by molar-refractivity contribution is 5.20. The van der Waals surface area contributed by atoms with E-state index in [9.17, 15) is 15.2 Å². The first-order valence-corrected chi connectivity index (χ1v) is 5.95. The molecule has 1 aromatic heterocycles. The van der Waals surface area contributed by atoms with E-state index in [0.29, 0.717) is 13.1 Å². The maximum Gasteiger partial charge on any atom is 0.306 e. The van der Waals surface area contributed by atoms with E-state index in [1.807, 2.05) is 13.8 Å². The van der Waals surface area contributed by atoms with Gasteiger partial charge >= 0.3 is 5.69 Å². The van der Waals surface area contributed by atoms with E-state index in [4.69, 9.17) is 4.74 Å². The third-order valence-electron chi connectivity index (χ3n) is 2.71. The molecule has 0 fully saturated rings. The Kier molecular flexibility index (Phi) is 5.40. The summed E-state index contributed by atoms with van der Waals surface area (Å²) in [7, 11) is 1.63. The van der Waals surface area contributed by atoms with Crippen molar-refractivity contribution in [2.24, 2.45) is 0 Å². The molecule has 0 radical (unpaired) electrons. The van der Waals surface area contributed by atoms with Crippen LogP contribution in [0.25, 0.3) is 0 Å². The van der Waals surface area contributed by atoms with Crippen LogP contribution in [0.3, 0.4) is 0 Å². The molecule has 19 heavy (non-hydrogen) atoms. The van der Waals surface area contributed by atoms with E-state index in [0.717, 1.165) is 6.20 Å². The van der Waals surface area contributed by atoms with Crippen LogP contribution in [-0.4, -0.2) is 51.7 Å². The smallest absolute Gasteiger partial charge is 0.306 e. The highest BCUT2D eigenvalue weighted by Gasteiger charge is 2.17. The molecule has 0 aliphatic rings. The molecule has 1 heterocycles. The molecule has 108 valence electrons. The molecule has 0 bridgehead atoms. The minimum Gasteiger partial charge on any atom is -0.390 e. The number of ether oxygens (including phenoxy) is 1. The van der Waals surface area contributed by atoms with Gasteiger partial charge < -0.3 is 15.2 Å². The number of nitrogens with one attached hydrogen (secondary N) is 1. The van der Waals surface area contributed by atoms with E-state index >= 15 is 0 Å². The van der Waals surface area contributed by atoms with Crippen LogP contribution in [0.5, 0.6) is 0 Å². The fourth-order valence-corrected chi connectivity index (χ4v) is 1.44. The van der Waals surface area contributed by atoms with Crippen molar-refractivity contribution in [3.63, 3.8) is 0 Å². The molecule has 0 aliphatic heterocycles. The first kappa shape index (κ1) is 15.5. The summed E-state index contributed by atoms with van der Waals surface area (Å²) in [5.74, 6) is 0. The van der Waals surface area contributed by atoms with E-state index in [-0.39, 0.29) is 17.8 Å². The Morgan fingerprint density at radius 3 is 2.89 bits per heavy atom. The summed E-state index contributed by atoms with van der Waals surface area (Å²) in [5, 5.41) is 27.2. The summed E-state index contributed by atoms with van der Waals surface area (Å²) in [6.07, 6.45) is 1.78. The lowest BCUT2D eigenvalue weighted by Gasteiger charge is -2.24. The fraction of sp³-hybridized carbons (Fsp3) is 0.727. The summed E-state index contributed by atoms with van der Waals surface area (Å²) in [6.45, 7) is 5.03. The van der Waals surface area contributed by atoms with Gasteiger partial charge in [-0.05, 0) is 13.8 Å². The van der Waals surface area contributed by atoms with Gasteiger partial charge in [-0.2, -0.15) is 5.10 Å². The van der Waals surface area contributed by atoms with Gasteiger partial charge in [-0.1, -0.05) is 0 Å². The minimum absolute atomic E-state index is 0.0827. The van der Waals surface area contributed by atoms with Crippen LogP contribution in [0.2, 0.25) is 0 Å². The van der Waals surface area contributed by atoms with Crippen molar-refractivity contribution in [2.45, 2.75) is 32.1 Å². The molecule has 0 aromatic carbocycles. The first-order chi connectivity index (χ1) is 8.84. The molecule has 8 heteroatoms. The Labute approximate surface area is 111 Å². The van der Waals surface area contributed by atoms with E-state index in [1.54, 1.807) is 7.11 Å². The predicted octanol–water partition coefficient (Wildman–Crippen LogP) is 0.167. The Bertz CT molecular complexity index is 419. The number of hydrogen-bond donors (Lipinski definition) is 2. The molecule has 0 saturated heterocycles. The summed E-state index contributed by atoms with van der Waals surface area (Å²) in [6, 6.07) is 0. The molecule has 1 atom stereocenters. The van der Waals surface area contributed by atoms with E-state index < -0.39 is 11.0 Å². The molecule has 1 unspecified atom stereocenters. The van der Waals surface area contributed by atoms with Gasteiger partial charge in [0.25, 0.3) is 0 Å². The average molecular weight is 272 g/mol. The number of nitrogens with zero attached hydrogens (tertiary/aromatic N) is 3. The Morgan fingerprint density at radius 2 is 2.37 bits per heavy atom. The molecule has 0 saturated carbocycles. The van der Waals surface area contributed by atoms with Crippen LogP contribution in [0.1, 0.15) is 13.8 Å². The van der Waals surface area contributed by atoms with Gasteiger partial charge in [0.1, 0.15) is 12.4 Å². The standard InChI is InChI=1S/C11H20N4O4/c1-11(2,19-3)8-12-5-10(16)7-14-6-9(4-13-14)15(17)18/h4,6,10,12,16H,5,7-8H2,1-3H3. The van der Waals surface area contributed by atoms with Crippen molar-refractivity contribution in [1.29, 1.82) is 0 Å². The molecule has 0 spiro atoms. The minimum atomic E-state index is -0.674. The number of methoxy groups -OCH3 is 1. The number of aliphatic hydroxyl groups excluding tert-OH is 1. The van der Waals surface area contributed by atoms with Crippen LogP contribution in [0.4, 0.5) is 5.69 Å². The molecule has 0 aliphatic carbocycles. The third kappa shape index (κ3) is 5.33. The summed E-state index contributed by atoms with van der Waals surface area (Å²) in [5.41, 5.74) is -0.384. The van der Waals surface area contributed by atoms with Crippen LogP contribution in [-0.2, 0) is 11.3 Å². The average Bonchev–Trinajstić information content (AvgIpc) is 2.77. The number of aliphatic hydroxyl groups is 1. The zero-order chi connectivity index (χ0) is 14.5. The maximum absolute atomic E-state index is 10.5. The van der Waals surface area contributed by atoms with Gasteiger partial charge in [-0.25, -0.2) is 0 Å². The summed E-state index contributed by atoms with van der Waals surface area (Å²) < 4.78 is 6.58. The Morgan fingerprint density at radius 1 is 1.68 bits per heavy atom. The van der Waals surface area contributed by atoms with Crippen LogP contribution in [0, 0.1) is 10.1 Å². The van der Waals surface area contributed by atoms with Gasteiger partial charge in [-0.3, -0.25) is 14.8 Å². The van der Waals surface area contributed by atoms with Crippen molar-refractivity contribution in [1.82, 2.24) is 15.1 Å². The predicted molar refractivity (Wildman–Crippen MR) is 68.8 cm³/mol. The second kappa shape index (κ2) is 6.60. The van der Waals surface area contributed by atoms with Gasteiger partial charge in [0.15, 0.2) is 0 Å². The van der Waals surface area contributed by atoms with Crippen molar-refractivity contribution < 1.29 is 14.8 Å². The highest BCUT2D eigenvalue weighted by atomic mass is 16.6. The normalized spacial score (nSPS) is 13.5. The summed E-state index contributed by atoms with van der Waals surface area (Å²) in [4.78, 5) is 9.96. The number of hydrogen-bond acceptors (Lipinski definition) is 6. The van der Waals surface area contributed by atoms with Gasteiger partial charge in [0.05, 0.1) is 23.2 Å². The topological polar surface area (TPSA) is 102 Å². The van der Waals surface area contributed by atoms with Crippen LogP contribution >= 0.6 is 0 Å². The lowest BCUT2D eigenvalue weighted by molar-refractivity contribution is -0.385. The summed E-state index contributed by atoms with van der Waals surface area (Å²) >= 11 is 0. The first-order valence-electron chi connectivity index (χ1n) is 5.95. The molecular weight excluding hydrogens is 252 g/mol. The van der Waals surface area contributed by atoms with Gasteiger partial charge in [0.2, 0.25) is 0 Å². The van der Waals surface area contributed by atoms with E-state index in [1.165, 1.54) is 10.9 Å². The Balaban J connectivity index is 2.34. The third-order valence-corrected chi connectivity index (χ3v) is 2.71. The van der Waals surface area contributed by atoms with Crippen molar-refractivity contribution >= 4 is 5.69 Å². The zero-order valence-electron chi connectivity index (χ0n) is 11.4. The van der Waals surface area contributed by atoms with Crippen LogP contribution < -0.4 is 5.32 Å². The Hall–Kier alpha value is -1.51. The molecule has 1 rings (SSSR count). The molecule has 0 amide bonds. The highest BCUT2D eigenvalue weighted by Crippen LogP contribution is 2.08. The van der Waals surface area contributed by atoms with Gasteiger partial charge in [0, 0.05) is 20.2 Å². The SMILES string of the molecule is COC(C)(C)CNCC(O)Cn1cc([N+](=O)[O-])cn1. The van der Waals surface area contributed by atoms with Gasteiger partial charge in [-0.15, -0.1) is 0 Å². The molecule has 1 aromatic rings. The van der Waals surface area contributed by atoms with Crippen molar-refractivity contribution in [3.05, 3.63) is 22.5 Å². The fourth-order valence-electron chi connectivity index (χ4n) is 1.44. The second-order valence-electron chi connectivity index (χ2n) is 4.93. The van der Waals surface area contributed by atoms with E-state index in [2.05, 4.69) is 10.4 Å². The monoisotopic (exact) mass is 272 g/mol. The molecular formula is C11H20N4O4. The second-order valence-corrected chi connectivity index (χ2v) is 4.93. The van der Waals surface area contributed by atoms with Crippen LogP contribution in [0.15, 0.2) is 12.4 Å². The zero-order valence-corrected chi connectivity index (χ0v) is 11.4.